The Morgan fingerprint density at radius 1 is 1.12 bits per heavy atom. The van der Waals surface area contributed by atoms with Crippen LogP contribution in [0.4, 0.5) is 36.8 Å². The van der Waals surface area contributed by atoms with Gasteiger partial charge in [0.05, 0.1) is 18.2 Å². The normalized spacial score (nSPS) is 17.5. The summed E-state index contributed by atoms with van der Waals surface area (Å²) < 4.78 is 93.3. The summed E-state index contributed by atoms with van der Waals surface area (Å²) in [4.78, 5) is 25.0. The van der Waals surface area contributed by atoms with Crippen molar-refractivity contribution in [3.63, 3.8) is 0 Å². The molecule has 0 aliphatic carbocycles. The van der Waals surface area contributed by atoms with Gasteiger partial charge in [-0.05, 0) is 39.0 Å². The van der Waals surface area contributed by atoms with Gasteiger partial charge in [-0.3, -0.25) is 0 Å². The number of likely N-dealkylation sites (tertiary alicyclic amines) is 1. The van der Waals surface area contributed by atoms with Crippen LogP contribution in [0.15, 0.2) is 18.2 Å². The molecule has 0 aromatic heterocycles. The number of hydrogen-bond donors (Lipinski definition) is 1. The molecule has 1 aromatic rings. The lowest BCUT2D eigenvalue weighted by Gasteiger charge is -2.41. The zero-order valence-electron chi connectivity index (χ0n) is 18.6. The third-order valence-electron chi connectivity index (χ3n) is 5.11. The Hall–Kier alpha value is -2.66. The third-order valence-corrected chi connectivity index (χ3v) is 5.11. The van der Waals surface area contributed by atoms with Crippen molar-refractivity contribution in [1.29, 1.82) is 0 Å². The van der Waals surface area contributed by atoms with Gasteiger partial charge in [-0.25, -0.2) is 22.8 Å². The fourth-order valence-corrected chi connectivity index (χ4v) is 3.44. The molecule has 1 heterocycles. The van der Waals surface area contributed by atoms with Crippen LogP contribution < -0.4 is 5.32 Å². The second-order valence-corrected chi connectivity index (χ2v) is 8.71. The molecule has 0 bridgehead atoms. The fourth-order valence-electron chi connectivity index (χ4n) is 3.44. The lowest BCUT2D eigenvalue weighted by molar-refractivity contribution is -0.137. The largest absolute Gasteiger partial charge is 0.465 e. The van der Waals surface area contributed by atoms with E-state index in [4.69, 9.17) is 4.74 Å². The summed E-state index contributed by atoms with van der Waals surface area (Å²) in [7, 11) is 1.00. The van der Waals surface area contributed by atoms with E-state index in [1.807, 2.05) is 5.32 Å². The number of rotatable bonds is 5. The summed E-state index contributed by atoms with van der Waals surface area (Å²) in [5.41, 5.74) is -5.98. The predicted molar refractivity (Wildman–Crippen MR) is 107 cm³/mol. The Balaban J connectivity index is 2.29. The predicted octanol–water partition coefficient (Wildman–Crippen LogP) is 5.28. The maximum atomic E-state index is 15.6. The molecular formula is C21H26F6N2O4. The summed E-state index contributed by atoms with van der Waals surface area (Å²) in [6, 6.07) is -0.259. The monoisotopic (exact) mass is 484 g/mol. The number of anilines is 1. The molecule has 1 saturated heterocycles. The van der Waals surface area contributed by atoms with Crippen molar-refractivity contribution in [2.75, 3.05) is 25.5 Å². The number of amides is 1. The van der Waals surface area contributed by atoms with Gasteiger partial charge in [0.2, 0.25) is 0 Å². The van der Waals surface area contributed by atoms with Gasteiger partial charge >= 0.3 is 18.2 Å². The molecule has 1 aliphatic heterocycles. The number of piperidine rings is 1. The number of esters is 1. The molecule has 0 radical (unpaired) electrons. The Bertz CT molecular complexity index is 861. The number of nitrogens with one attached hydrogen (secondary N) is 1. The molecule has 6 nitrogen and oxygen atoms in total. The molecule has 1 aromatic carbocycles. The Morgan fingerprint density at radius 2 is 1.70 bits per heavy atom. The van der Waals surface area contributed by atoms with Gasteiger partial charge in [0, 0.05) is 31.6 Å². The topological polar surface area (TPSA) is 67.9 Å². The molecule has 12 heteroatoms. The van der Waals surface area contributed by atoms with Crippen LogP contribution in [0.5, 0.6) is 0 Å². The van der Waals surface area contributed by atoms with Crippen molar-refractivity contribution < 1.29 is 45.4 Å². The van der Waals surface area contributed by atoms with E-state index in [1.54, 1.807) is 20.8 Å². The minimum absolute atomic E-state index is 0.259. The number of halogens is 6. The molecule has 1 unspecified atom stereocenters. The van der Waals surface area contributed by atoms with Crippen LogP contribution in [0.25, 0.3) is 0 Å². The molecule has 2 rings (SSSR count). The minimum atomic E-state index is -4.95. The molecular weight excluding hydrogens is 458 g/mol. The molecule has 186 valence electrons. The van der Waals surface area contributed by atoms with Gasteiger partial charge < -0.3 is 19.7 Å². The van der Waals surface area contributed by atoms with Crippen LogP contribution in [0, 0.1) is 0 Å². The molecule has 1 aliphatic rings. The van der Waals surface area contributed by atoms with Crippen molar-refractivity contribution in [3.8, 4) is 0 Å². The maximum Gasteiger partial charge on any atom is 0.418 e. The number of methoxy groups -OCH3 is 1. The summed E-state index contributed by atoms with van der Waals surface area (Å²) in [5.74, 6) is -0.985. The number of carbonyl (C=O) groups excluding carboxylic acids is 2. The summed E-state index contributed by atoms with van der Waals surface area (Å²) in [6.07, 6.45) is -10.2. The van der Waals surface area contributed by atoms with Crippen LogP contribution in [0.1, 0.15) is 49.5 Å². The minimum Gasteiger partial charge on any atom is -0.465 e. The average molecular weight is 484 g/mol. The number of carbonyl (C=O) groups is 2. The molecule has 1 atom stereocenters. The number of hydrogen-bond acceptors (Lipinski definition) is 5. The van der Waals surface area contributed by atoms with E-state index in [1.165, 1.54) is 0 Å². The van der Waals surface area contributed by atoms with E-state index in [2.05, 4.69) is 4.74 Å². The van der Waals surface area contributed by atoms with E-state index < -0.39 is 66.1 Å². The second kappa shape index (κ2) is 9.68. The highest BCUT2D eigenvalue weighted by atomic mass is 19.4. The lowest BCUT2D eigenvalue weighted by atomic mass is 9.85. The van der Waals surface area contributed by atoms with Crippen LogP contribution in [0.2, 0.25) is 0 Å². The van der Waals surface area contributed by atoms with E-state index in [-0.39, 0.29) is 18.7 Å². The van der Waals surface area contributed by atoms with Gasteiger partial charge in [-0.15, -0.1) is 0 Å². The highest BCUT2D eigenvalue weighted by molar-refractivity contribution is 5.90. The van der Waals surface area contributed by atoms with Gasteiger partial charge in [0.15, 0.2) is 0 Å². The second-order valence-electron chi connectivity index (χ2n) is 8.71. The maximum absolute atomic E-state index is 15.6. The van der Waals surface area contributed by atoms with Crippen LogP contribution in [-0.4, -0.2) is 60.9 Å². The number of alkyl halides is 6. The molecule has 1 amide bonds. The zero-order chi connectivity index (χ0) is 25.2. The highest BCUT2D eigenvalue weighted by Crippen LogP contribution is 2.40. The van der Waals surface area contributed by atoms with Gasteiger partial charge in [-0.1, -0.05) is 0 Å². The van der Waals surface area contributed by atoms with Gasteiger partial charge in [-0.2, -0.15) is 13.2 Å². The molecule has 1 N–H and O–H groups in total. The van der Waals surface area contributed by atoms with Crippen LogP contribution in [0.3, 0.4) is 0 Å². The summed E-state index contributed by atoms with van der Waals surface area (Å²) in [5, 5.41) is 1.98. The third kappa shape index (κ3) is 6.67. The molecule has 0 spiro atoms. The fraction of sp³-hybridized carbons (Fsp3) is 0.619. The molecule has 1 fully saturated rings. The van der Waals surface area contributed by atoms with Crippen LogP contribution >= 0.6 is 0 Å². The zero-order valence-corrected chi connectivity index (χ0v) is 18.6. The smallest absolute Gasteiger partial charge is 0.418 e. The van der Waals surface area contributed by atoms with Crippen molar-refractivity contribution in [1.82, 2.24) is 4.90 Å². The highest BCUT2D eigenvalue weighted by Gasteiger charge is 2.48. The standard InChI is InChI=1S/C21H26F6N2O4/c1-19(2,3)33-18(31)29-9-7-20(24,8-10-29)15(16(22)23)28-14-11-12(17(30)32-4)5-6-13(14)21(25,26)27/h5-6,11,15-16,28H,7-10H2,1-4H3. The van der Waals surface area contributed by atoms with Gasteiger partial charge in [0.25, 0.3) is 6.43 Å². The number of benzene rings is 1. The Kier molecular flexibility index (Phi) is 7.80. The first-order chi connectivity index (χ1) is 15.1. The average Bonchev–Trinajstić information content (AvgIpc) is 2.69. The van der Waals surface area contributed by atoms with E-state index >= 15 is 4.39 Å². The van der Waals surface area contributed by atoms with Gasteiger partial charge in [0.1, 0.15) is 17.3 Å². The molecule has 0 saturated carbocycles. The summed E-state index contributed by atoms with van der Waals surface area (Å²) in [6.45, 7) is 4.37. The lowest BCUT2D eigenvalue weighted by Crippen LogP contribution is -2.55. The Morgan fingerprint density at radius 3 is 2.15 bits per heavy atom. The Labute approximate surface area is 187 Å². The van der Waals surface area contributed by atoms with E-state index in [0.29, 0.717) is 12.1 Å². The first kappa shape index (κ1) is 26.6. The van der Waals surface area contributed by atoms with Crippen molar-refractivity contribution in [3.05, 3.63) is 29.3 Å². The van der Waals surface area contributed by atoms with Crippen molar-refractivity contribution in [2.24, 2.45) is 0 Å². The number of nitrogens with zero attached hydrogens (tertiary/aromatic N) is 1. The van der Waals surface area contributed by atoms with E-state index in [0.717, 1.165) is 18.1 Å². The summed E-state index contributed by atoms with van der Waals surface area (Å²) >= 11 is 0. The number of ether oxygens (including phenoxy) is 2. The first-order valence-electron chi connectivity index (χ1n) is 10.1. The first-order valence-corrected chi connectivity index (χ1v) is 10.1. The quantitative estimate of drug-likeness (QED) is 0.455. The van der Waals surface area contributed by atoms with Crippen molar-refractivity contribution in [2.45, 2.75) is 63.5 Å². The SMILES string of the molecule is COC(=O)c1ccc(C(F)(F)F)c(NC(C(F)F)C2(F)CCN(C(=O)OC(C)(C)C)CC2)c1. The van der Waals surface area contributed by atoms with Crippen LogP contribution in [-0.2, 0) is 15.7 Å². The van der Waals surface area contributed by atoms with E-state index in [9.17, 15) is 31.5 Å². The van der Waals surface area contributed by atoms with Crippen molar-refractivity contribution >= 4 is 17.7 Å². The molecule has 33 heavy (non-hydrogen) atoms.